The summed E-state index contributed by atoms with van der Waals surface area (Å²) in [5.74, 6) is -0.571. The zero-order valence-electron chi connectivity index (χ0n) is 32.0. The second kappa shape index (κ2) is 16.8. The summed E-state index contributed by atoms with van der Waals surface area (Å²) >= 11 is 0. The molecule has 15 heteroatoms. The van der Waals surface area contributed by atoms with Crippen LogP contribution in [0.15, 0.2) is 11.6 Å². The molecular weight excluding hydrogens is 708 g/mol. The Balaban J connectivity index is 1.20. The quantitative estimate of drug-likeness (QED) is 0.106. The molecule has 0 amide bonds. The van der Waals surface area contributed by atoms with Gasteiger partial charge in [-0.3, -0.25) is 0 Å². The summed E-state index contributed by atoms with van der Waals surface area (Å²) in [5, 5.41) is 116. The highest BCUT2D eigenvalue weighted by Crippen LogP contribution is 2.67. The number of fused-ring (bicyclic) bond motifs is 5. The van der Waals surface area contributed by atoms with Crippen molar-refractivity contribution in [1.29, 1.82) is 0 Å². The van der Waals surface area contributed by atoms with E-state index in [2.05, 4.69) is 19.9 Å². The van der Waals surface area contributed by atoms with Gasteiger partial charge in [-0.15, -0.1) is 0 Å². The van der Waals surface area contributed by atoms with Crippen LogP contribution in [0, 0.1) is 46.3 Å². The molecule has 5 fully saturated rings. The summed E-state index contributed by atoms with van der Waals surface area (Å²) in [6.45, 7) is 7.10. The molecule has 0 bridgehead atoms. The first-order valence-electron chi connectivity index (χ1n) is 20.1. The van der Waals surface area contributed by atoms with Crippen LogP contribution in [-0.4, -0.2) is 162 Å². The molecule has 0 aromatic carbocycles. The van der Waals surface area contributed by atoms with Crippen molar-refractivity contribution in [2.75, 3.05) is 19.8 Å². The average molecular weight is 775 g/mol. The smallest absolute Gasteiger partial charge is 0.186 e. The average Bonchev–Trinajstić information content (AvgIpc) is 3.41. The highest BCUT2D eigenvalue weighted by molar-refractivity contribution is 5.27. The fourth-order valence-electron chi connectivity index (χ4n) is 11.8. The van der Waals surface area contributed by atoms with Crippen molar-refractivity contribution >= 4 is 0 Å². The molecule has 2 aliphatic heterocycles. The summed E-state index contributed by atoms with van der Waals surface area (Å²) in [5.41, 5.74) is 0.328. The monoisotopic (exact) mass is 774 g/mol. The Hall–Kier alpha value is -0.860. The molecule has 0 aromatic rings. The fourth-order valence-corrected chi connectivity index (χ4v) is 11.8. The molecule has 22 atom stereocenters. The molecule has 6 aliphatic rings. The SMILES string of the molecule is CC(CO)CCC(OC1OC(CO)C(O)C(O)C1O)C(C)C1C(O)CC2C3CC=C4CC(OC5OC(CO)C(O)C(O)C5O)CCC4(C)C3C(O)CC21C. The summed E-state index contributed by atoms with van der Waals surface area (Å²) in [6, 6.07) is 0. The maximum Gasteiger partial charge on any atom is 0.186 e. The van der Waals surface area contributed by atoms with Gasteiger partial charge in [0.15, 0.2) is 12.6 Å². The Morgan fingerprint density at radius 3 is 2.02 bits per heavy atom. The normalized spacial score (nSPS) is 51.0. The van der Waals surface area contributed by atoms with Gasteiger partial charge in [-0.25, -0.2) is 0 Å². The predicted molar refractivity (Wildman–Crippen MR) is 190 cm³/mol. The third kappa shape index (κ3) is 7.59. The summed E-state index contributed by atoms with van der Waals surface area (Å²) in [6.07, 6.45) is -9.46. The van der Waals surface area contributed by atoms with Gasteiger partial charge in [-0.1, -0.05) is 39.3 Å². The van der Waals surface area contributed by atoms with Crippen LogP contribution in [0.2, 0.25) is 0 Å². The Kier molecular flexibility index (Phi) is 13.3. The summed E-state index contributed by atoms with van der Waals surface area (Å²) in [7, 11) is 0. The molecule has 22 unspecified atom stereocenters. The minimum atomic E-state index is -1.60. The lowest BCUT2D eigenvalue weighted by atomic mass is 9.46. The van der Waals surface area contributed by atoms with E-state index in [-0.39, 0.29) is 53.6 Å². The van der Waals surface area contributed by atoms with Crippen LogP contribution < -0.4 is 0 Å². The maximum absolute atomic E-state index is 12.2. The second-order valence-electron chi connectivity index (χ2n) is 18.1. The minimum Gasteiger partial charge on any atom is -0.396 e. The van der Waals surface area contributed by atoms with Gasteiger partial charge in [0.2, 0.25) is 0 Å². The number of rotatable bonds is 12. The van der Waals surface area contributed by atoms with Crippen LogP contribution >= 0.6 is 0 Å². The number of hydrogen-bond donors (Lipinski definition) is 11. The van der Waals surface area contributed by atoms with Gasteiger partial charge >= 0.3 is 0 Å². The van der Waals surface area contributed by atoms with Gasteiger partial charge in [0, 0.05) is 6.61 Å². The predicted octanol–water partition coefficient (Wildman–Crippen LogP) is -1.08. The van der Waals surface area contributed by atoms with Gasteiger partial charge < -0.3 is 75.1 Å². The molecule has 0 spiro atoms. The van der Waals surface area contributed by atoms with Crippen LogP contribution in [0.1, 0.15) is 79.1 Å². The number of ether oxygens (including phenoxy) is 4. The molecule has 54 heavy (non-hydrogen) atoms. The zero-order valence-corrected chi connectivity index (χ0v) is 32.0. The Morgan fingerprint density at radius 1 is 0.796 bits per heavy atom. The lowest BCUT2D eigenvalue weighted by Crippen LogP contribution is -2.60. The molecular formula is C39H66O15. The number of aliphatic hydroxyl groups excluding tert-OH is 11. The van der Waals surface area contributed by atoms with E-state index in [1.165, 1.54) is 0 Å². The number of aliphatic hydroxyl groups is 11. The fraction of sp³-hybridized carbons (Fsp3) is 0.949. The first-order valence-corrected chi connectivity index (χ1v) is 20.1. The van der Waals surface area contributed by atoms with Crippen molar-refractivity contribution in [3.8, 4) is 0 Å². The molecule has 6 rings (SSSR count). The van der Waals surface area contributed by atoms with Gasteiger partial charge in [0.1, 0.15) is 48.8 Å². The minimum absolute atomic E-state index is 0.0306. The Bertz CT molecular complexity index is 1280. The Labute approximate surface area is 317 Å². The van der Waals surface area contributed by atoms with Crippen LogP contribution in [0.5, 0.6) is 0 Å². The van der Waals surface area contributed by atoms with E-state index in [0.29, 0.717) is 51.4 Å². The van der Waals surface area contributed by atoms with Crippen LogP contribution in [-0.2, 0) is 18.9 Å². The highest BCUT2D eigenvalue weighted by atomic mass is 16.7. The maximum atomic E-state index is 12.2. The molecule has 3 saturated carbocycles. The molecule has 4 aliphatic carbocycles. The Morgan fingerprint density at radius 2 is 1.41 bits per heavy atom. The molecule has 0 radical (unpaired) electrons. The molecule has 2 saturated heterocycles. The zero-order chi connectivity index (χ0) is 39.4. The molecule has 0 aromatic heterocycles. The van der Waals surface area contributed by atoms with E-state index >= 15 is 0 Å². The molecule has 11 N–H and O–H groups in total. The number of allylic oxidation sites excluding steroid dienone is 1. The van der Waals surface area contributed by atoms with E-state index in [4.69, 9.17) is 18.9 Å². The van der Waals surface area contributed by atoms with Gasteiger partial charge in [0.05, 0.1) is 37.6 Å². The molecule has 2 heterocycles. The summed E-state index contributed by atoms with van der Waals surface area (Å²) < 4.78 is 23.9. The van der Waals surface area contributed by atoms with E-state index in [1.54, 1.807) is 0 Å². The van der Waals surface area contributed by atoms with Crippen molar-refractivity contribution in [3.05, 3.63) is 11.6 Å². The van der Waals surface area contributed by atoms with E-state index in [9.17, 15) is 56.2 Å². The lowest BCUT2D eigenvalue weighted by molar-refractivity contribution is -0.317. The first kappa shape index (κ1) is 42.7. The number of hydrogen-bond acceptors (Lipinski definition) is 15. The van der Waals surface area contributed by atoms with Crippen molar-refractivity contribution in [2.24, 2.45) is 46.3 Å². The van der Waals surface area contributed by atoms with Crippen LogP contribution in [0.25, 0.3) is 0 Å². The van der Waals surface area contributed by atoms with E-state index in [0.717, 1.165) is 5.57 Å². The lowest BCUT2D eigenvalue weighted by Gasteiger charge is -2.60. The highest BCUT2D eigenvalue weighted by Gasteiger charge is 2.65. The third-order valence-electron chi connectivity index (χ3n) is 14.8. The van der Waals surface area contributed by atoms with Gasteiger partial charge in [-0.05, 0) is 97.7 Å². The van der Waals surface area contributed by atoms with E-state index < -0.39 is 98.4 Å². The van der Waals surface area contributed by atoms with Crippen molar-refractivity contribution in [3.63, 3.8) is 0 Å². The van der Waals surface area contributed by atoms with Crippen molar-refractivity contribution in [2.45, 2.75) is 165 Å². The molecule has 15 nitrogen and oxygen atoms in total. The van der Waals surface area contributed by atoms with Crippen LogP contribution in [0.4, 0.5) is 0 Å². The molecule has 312 valence electrons. The van der Waals surface area contributed by atoms with E-state index in [1.807, 2.05) is 13.8 Å². The standard InChI is InChI=1S/C39H66O15/c1-17(14-40)5-8-25(52-37-35(50)33(48)31(46)27(16-42)54-37)18(2)28-23(43)12-22-21-7-6-19-11-20(51-36-34(49)32(47)30(45)26(15-41)53-36)9-10-38(19,3)29(21)24(44)13-39(22,28)4/h6,17-18,20-37,40-50H,5,7-16H2,1-4H3. The van der Waals surface area contributed by atoms with Crippen molar-refractivity contribution < 1.29 is 75.1 Å². The third-order valence-corrected chi connectivity index (χ3v) is 14.8. The largest absolute Gasteiger partial charge is 0.396 e. The van der Waals surface area contributed by atoms with Crippen LogP contribution in [0.3, 0.4) is 0 Å². The first-order chi connectivity index (χ1) is 25.5. The van der Waals surface area contributed by atoms with Gasteiger partial charge in [0.25, 0.3) is 0 Å². The summed E-state index contributed by atoms with van der Waals surface area (Å²) in [4.78, 5) is 0. The van der Waals surface area contributed by atoms with Gasteiger partial charge in [-0.2, -0.15) is 0 Å². The second-order valence-corrected chi connectivity index (χ2v) is 18.1. The van der Waals surface area contributed by atoms with Crippen molar-refractivity contribution in [1.82, 2.24) is 0 Å². The topological polar surface area (TPSA) is 259 Å².